The van der Waals surface area contributed by atoms with Crippen LogP contribution in [0.2, 0.25) is 0 Å². The zero-order valence-corrected chi connectivity index (χ0v) is 23.3. The van der Waals surface area contributed by atoms with Crippen LogP contribution >= 0.6 is 0 Å². The number of aliphatic hydroxyl groups excluding tert-OH is 1. The summed E-state index contributed by atoms with van der Waals surface area (Å²) in [6, 6.07) is 0. The normalized spacial score (nSPS) is 40.5. The number of carboxylic acid groups (broad SMARTS) is 1. The Labute approximate surface area is 219 Å². The Kier molecular flexibility index (Phi) is 6.54. The van der Waals surface area contributed by atoms with E-state index in [2.05, 4.69) is 0 Å². The number of carbonyl (C=O) groups is 5. The SMILES string of the molecule is C[C@H](CC(=O)C[C@H](C)C(=O)O)[C@H]1C[C@H](O)[C@@]2(C)C3=C(C(=O)C[C@]12C)[C@@]1(C)CCC(=O)C(C)(C)[C@@H]1CC3=O. The van der Waals surface area contributed by atoms with Crippen LogP contribution in [0, 0.1) is 45.3 Å². The molecule has 8 atom stereocenters. The van der Waals surface area contributed by atoms with E-state index in [1.54, 1.807) is 0 Å². The van der Waals surface area contributed by atoms with E-state index in [-0.39, 0.29) is 66.6 Å². The maximum Gasteiger partial charge on any atom is 0.306 e. The van der Waals surface area contributed by atoms with Crippen LogP contribution < -0.4 is 0 Å². The van der Waals surface area contributed by atoms with Gasteiger partial charge in [-0.25, -0.2) is 0 Å². The molecule has 0 spiro atoms. The number of aliphatic hydroxyl groups is 1. The topological polar surface area (TPSA) is 126 Å². The molecule has 4 aliphatic rings. The second-order valence-electron chi connectivity index (χ2n) is 13.7. The molecule has 204 valence electrons. The van der Waals surface area contributed by atoms with E-state index >= 15 is 0 Å². The largest absolute Gasteiger partial charge is 0.481 e. The number of hydrogen-bond donors (Lipinski definition) is 2. The van der Waals surface area contributed by atoms with Gasteiger partial charge in [0.1, 0.15) is 11.6 Å². The molecule has 0 aromatic rings. The third-order valence-electron chi connectivity index (χ3n) is 11.4. The van der Waals surface area contributed by atoms with Crippen molar-refractivity contribution in [1.82, 2.24) is 0 Å². The number of allylic oxidation sites excluding steroid dienone is 1. The molecule has 0 aromatic carbocycles. The first-order chi connectivity index (χ1) is 16.9. The molecule has 2 fully saturated rings. The average molecular weight is 515 g/mol. The van der Waals surface area contributed by atoms with Gasteiger partial charge in [0, 0.05) is 59.5 Å². The molecular weight excluding hydrogens is 472 g/mol. The number of rotatable bonds is 6. The molecule has 2 N–H and O–H groups in total. The number of ketones is 4. The van der Waals surface area contributed by atoms with Crippen LogP contribution in [0.1, 0.15) is 93.4 Å². The Hall–Kier alpha value is -2.15. The Balaban J connectivity index is 1.75. The van der Waals surface area contributed by atoms with Crippen LogP contribution in [0.3, 0.4) is 0 Å². The van der Waals surface area contributed by atoms with Crippen molar-refractivity contribution in [1.29, 1.82) is 0 Å². The molecule has 37 heavy (non-hydrogen) atoms. The van der Waals surface area contributed by atoms with Crippen molar-refractivity contribution in [3.8, 4) is 0 Å². The van der Waals surface area contributed by atoms with Crippen molar-refractivity contribution in [2.24, 2.45) is 45.3 Å². The minimum Gasteiger partial charge on any atom is -0.481 e. The van der Waals surface area contributed by atoms with Crippen molar-refractivity contribution in [3.05, 3.63) is 11.1 Å². The molecule has 7 heteroatoms. The van der Waals surface area contributed by atoms with Gasteiger partial charge >= 0.3 is 5.97 Å². The molecule has 0 aromatic heterocycles. The summed E-state index contributed by atoms with van der Waals surface area (Å²) >= 11 is 0. The number of fused-ring (bicyclic) bond motifs is 4. The van der Waals surface area contributed by atoms with E-state index < -0.39 is 39.7 Å². The molecule has 0 amide bonds. The molecule has 7 nitrogen and oxygen atoms in total. The van der Waals surface area contributed by atoms with Crippen LogP contribution in [0.25, 0.3) is 0 Å². The van der Waals surface area contributed by atoms with Gasteiger partial charge in [-0.05, 0) is 36.0 Å². The van der Waals surface area contributed by atoms with E-state index in [0.717, 1.165) is 0 Å². The smallest absolute Gasteiger partial charge is 0.306 e. The highest BCUT2D eigenvalue weighted by Gasteiger charge is 2.70. The first-order valence-electron chi connectivity index (χ1n) is 13.7. The number of carbonyl (C=O) groups excluding carboxylic acids is 4. The van der Waals surface area contributed by atoms with Crippen LogP contribution in [-0.2, 0) is 24.0 Å². The number of aliphatic carboxylic acids is 1. The van der Waals surface area contributed by atoms with Crippen LogP contribution in [0.5, 0.6) is 0 Å². The monoisotopic (exact) mass is 514 g/mol. The summed E-state index contributed by atoms with van der Waals surface area (Å²) in [5, 5.41) is 20.8. The van der Waals surface area contributed by atoms with Gasteiger partial charge < -0.3 is 10.2 Å². The van der Waals surface area contributed by atoms with Crippen molar-refractivity contribution < 1.29 is 34.2 Å². The lowest BCUT2D eigenvalue weighted by molar-refractivity contribution is -0.147. The van der Waals surface area contributed by atoms with Crippen molar-refractivity contribution in [2.45, 2.75) is 99.5 Å². The van der Waals surface area contributed by atoms with Gasteiger partial charge in [-0.2, -0.15) is 0 Å². The Morgan fingerprint density at radius 2 is 1.59 bits per heavy atom. The van der Waals surface area contributed by atoms with Crippen molar-refractivity contribution >= 4 is 29.1 Å². The molecule has 0 aliphatic heterocycles. The highest BCUT2D eigenvalue weighted by Crippen LogP contribution is 2.70. The van der Waals surface area contributed by atoms with Crippen molar-refractivity contribution in [3.63, 3.8) is 0 Å². The van der Waals surface area contributed by atoms with Crippen LogP contribution in [-0.4, -0.2) is 45.4 Å². The lowest BCUT2D eigenvalue weighted by Crippen LogP contribution is -2.59. The zero-order chi connectivity index (χ0) is 27.9. The molecular formula is C30H42O7. The average Bonchev–Trinajstić information content (AvgIpc) is 2.99. The van der Waals surface area contributed by atoms with E-state index in [4.69, 9.17) is 0 Å². The summed E-state index contributed by atoms with van der Waals surface area (Å²) in [6.45, 7) is 13.1. The standard InChI is InChI=1S/C30H42O7/c1-15(10-17(31)11-16(2)26(36)37)18-12-23(35)30(7)25-19(32)13-21-27(3,4)22(34)8-9-28(21,5)24(25)20(33)14-29(18,30)6/h15-16,18,21,23,35H,8-14H2,1-7H3,(H,36,37)/t15-,16+,18-,21+,23+,28+,29-,30+/m1/s1. The van der Waals surface area contributed by atoms with E-state index in [0.29, 0.717) is 30.4 Å². The lowest BCUT2D eigenvalue weighted by Gasteiger charge is -2.59. The van der Waals surface area contributed by atoms with Crippen LogP contribution in [0.15, 0.2) is 11.1 Å². The molecule has 0 unspecified atom stereocenters. The molecule has 0 radical (unpaired) electrons. The Morgan fingerprint density at radius 1 is 0.973 bits per heavy atom. The van der Waals surface area contributed by atoms with Gasteiger partial charge in [-0.15, -0.1) is 0 Å². The molecule has 0 saturated heterocycles. The summed E-state index contributed by atoms with van der Waals surface area (Å²) in [4.78, 5) is 64.6. The number of Topliss-reactive ketones (excluding diaryl/α,β-unsaturated/α-hetero) is 4. The minimum absolute atomic E-state index is 0.0517. The molecule has 0 heterocycles. The highest BCUT2D eigenvalue weighted by atomic mass is 16.4. The van der Waals surface area contributed by atoms with E-state index in [1.807, 2.05) is 41.5 Å². The summed E-state index contributed by atoms with van der Waals surface area (Å²) in [6.07, 6.45) is 0.899. The minimum atomic E-state index is -1.01. The van der Waals surface area contributed by atoms with Gasteiger partial charge in [0.15, 0.2) is 11.6 Å². The predicted octanol–water partition coefficient (Wildman–Crippen LogP) is 4.34. The second kappa shape index (κ2) is 8.69. The third-order valence-corrected chi connectivity index (χ3v) is 11.4. The summed E-state index contributed by atoms with van der Waals surface area (Å²) in [7, 11) is 0. The first-order valence-corrected chi connectivity index (χ1v) is 13.7. The second-order valence-corrected chi connectivity index (χ2v) is 13.7. The van der Waals surface area contributed by atoms with Gasteiger partial charge in [-0.1, -0.05) is 48.5 Å². The predicted molar refractivity (Wildman–Crippen MR) is 136 cm³/mol. The number of hydrogen-bond acceptors (Lipinski definition) is 6. The van der Waals surface area contributed by atoms with Crippen molar-refractivity contribution in [2.75, 3.05) is 0 Å². The molecule has 4 aliphatic carbocycles. The maximum absolute atomic E-state index is 14.0. The van der Waals surface area contributed by atoms with E-state index in [1.165, 1.54) is 6.92 Å². The lowest BCUT2D eigenvalue weighted by atomic mass is 9.42. The van der Waals surface area contributed by atoms with Gasteiger partial charge in [-0.3, -0.25) is 24.0 Å². The quantitative estimate of drug-likeness (QED) is 0.540. The Morgan fingerprint density at radius 3 is 2.19 bits per heavy atom. The maximum atomic E-state index is 14.0. The van der Waals surface area contributed by atoms with Crippen LogP contribution in [0.4, 0.5) is 0 Å². The fraction of sp³-hybridized carbons (Fsp3) is 0.767. The van der Waals surface area contributed by atoms with Gasteiger partial charge in [0.2, 0.25) is 0 Å². The van der Waals surface area contributed by atoms with E-state index in [9.17, 15) is 34.2 Å². The van der Waals surface area contributed by atoms with Gasteiger partial charge in [0.05, 0.1) is 12.0 Å². The highest BCUT2D eigenvalue weighted by molar-refractivity contribution is 6.12. The first kappa shape index (κ1) is 27.9. The Bertz CT molecular complexity index is 1110. The zero-order valence-electron chi connectivity index (χ0n) is 23.3. The summed E-state index contributed by atoms with van der Waals surface area (Å²) in [5.74, 6) is -2.62. The molecule has 0 bridgehead atoms. The molecule has 2 saturated carbocycles. The molecule has 4 rings (SSSR count). The number of carboxylic acids is 1. The fourth-order valence-corrected chi connectivity index (χ4v) is 8.92. The third kappa shape index (κ3) is 3.74. The summed E-state index contributed by atoms with van der Waals surface area (Å²) in [5.41, 5.74) is -1.98. The van der Waals surface area contributed by atoms with Gasteiger partial charge in [0.25, 0.3) is 0 Å². The summed E-state index contributed by atoms with van der Waals surface area (Å²) < 4.78 is 0. The fourth-order valence-electron chi connectivity index (χ4n) is 8.92.